The van der Waals surface area contributed by atoms with Crippen molar-refractivity contribution in [3.63, 3.8) is 0 Å². The van der Waals surface area contributed by atoms with Crippen molar-refractivity contribution in [2.24, 2.45) is 0 Å². The molecular formula is C38H42O15S5. The highest BCUT2D eigenvalue weighted by atomic mass is 32.2. The standard InChI is InChI=1S/C16H18O6S2.C14H14O6S2.C8H10O3S/c1-9-5-13(15(7-11(9)3)22-23(17)18)14-6-10(2)12(4)8-16(14)24(19,20)21;1-9-3-5-11(13(7-9)20-21(15)16)12-6-4-10(2)8-14(12)22(17,18)19;1-6-3-4-7(2)8(5-6)12(9,10)11/h5-8H,1-4H3,(H,17,18)(H,19,20,21);3-8H,1-2H3,(H,15,16)(H,17,18,19);3-5H,1-2H3,(H,9,10,11). The molecule has 0 aliphatic carbocycles. The lowest BCUT2D eigenvalue weighted by Crippen LogP contribution is -2.05. The SMILES string of the molecule is Cc1cc(OS(=O)O)c(-c2cc(C)c(C)cc2S(=O)(=O)O)cc1C.Cc1ccc(-c2ccc(C)cc2S(=O)(=O)O)c(OS(=O)O)c1.Cc1ccc(C)c(S(=O)(=O)O)c1. The second kappa shape index (κ2) is 19.1. The molecule has 0 aromatic heterocycles. The van der Waals surface area contributed by atoms with Crippen LogP contribution in [0.3, 0.4) is 0 Å². The van der Waals surface area contributed by atoms with Gasteiger partial charge in [-0.1, -0.05) is 36.4 Å². The van der Waals surface area contributed by atoms with Gasteiger partial charge in [-0.2, -0.15) is 33.7 Å². The van der Waals surface area contributed by atoms with Crippen LogP contribution in [-0.4, -0.2) is 56.4 Å². The predicted molar refractivity (Wildman–Crippen MR) is 220 cm³/mol. The van der Waals surface area contributed by atoms with Crippen molar-refractivity contribution in [2.45, 2.75) is 70.1 Å². The molecule has 0 bridgehead atoms. The molecule has 15 nitrogen and oxygen atoms in total. The van der Waals surface area contributed by atoms with Crippen LogP contribution in [0.25, 0.3) is 22.3 Å². The Morgan fingerprint density at radius 2 is 0.759 bits per heavy atom. The third kappa shape index (κ3) is 13.1. The minimum Gasteiger partial charge on any atom is -0.379 e. The van der Waals surface area contributed by atoms with Crippen LogP contribution in [0, 0.1) is 55.4 Å². The van der Waals surface area contributed by atoms with Crippen LogP contribution in [0.15, 0.2) is 93.5 Å². The molecule has 0 radical (unpaired) electrons. The van der Waals surface area contributed by atoms with Crippen molar-refractivity contribution in [3.05, 3.63) is 123 Å². The molecule has 5 N–H and O–H groups in total. The lowest BCUT2D eigenvalue weighted by atomic mass is 9.96. The summed E-state index contributed by atoms with van der Waals surface area (Å²) in [7, 11) is -13.0. The van der Waals surface area contributed by atoms with Crippen LogP contribution < -0.4 is 8.37 Å². The first-order chi connectivity index (χ1) is 26.6. The van der Waals surface area contributed by atoms with E-state index in [2.05, 4.69) is 0 Å². The van der Waals surface area contributed by atoms with Gasteiger partial charge in [-0.15, -0.1) is 0 Å². The molecule has 0 saturated heterocycles. The molecule has 2 atom stereocenters. The van der Waals surface area contributed by atoms with Gasteiger partial charge in [0, 0.05) is 22.3 Å². The average molecular weight is 899 g/mol. The first kappa shape index (κ1) is 48.0. The van der Waals surface area contributed by atoms with E-state index in [1.165, 1.54) is 30.3 Å². The Labute approximate surface area is 343 Å². The largest absolute Gasteiger partial charge is 0.379 e. The monoisotopic (exact) mass is 898 g/mol. The van der Waals surface area contributed by atoms with Crippen LogP contribution in [0.2, 0.25) is 0 Å². The zero-order chi connectivity index (χ0) is 44.1. The highest BCUT2D eigenvalue weighted by Crippen LogP contribution is 2.39. The van der Waals surface area contributed by atoms with E-state index < -0.39 is 53.1 Å². The smallest absolute Gasteiger partial charge is 0.357 e. The fourth-order valence-corrected chi connectivity index (χ4v) is 8.36. The fourth-order valence-electron chi connectivity index (χ4n) is 5.41. The van der Waals surface area contributed by atoms with Crippen molar-refractivity contribution in [3.8, 4) is 33.8 Å². The second-order valence-corrected chi connectivity index (χ2v) is 18.5. The second-order valence-electron chi connectivity index (χ2n) is 13.2. The van der Waals surface area contributed by atoms with Gasteiger partial charge in [0.05, 0.1) is 4.90 Å². The summed E-state index contributed by atoms with van der Waals surface area (Å²) in [4.78, 5) is -0.574. The normalized spacial score (nSPS) is 12.6. The van der Waals surface area contributed by atoms with Crippen LogP contribution in [0.5, 0.6) is 11.5 Å². The van der Waals surface area contributed by atoms with E-state index in [1.807, 2.05) is 6.92 Å². The van der Waals surface area contributed by atoms with Crippen LogP contribution in [-0.2, 0) is 53.1 Å². The molecule has 20 heteroatoms. The maximum atomic E-state index is 11.8. The summed E-state index contributed by atoms with van der Waals surface area (Å²) in [5.74, 6) is 0.113. The summed E-state index contributed by atoms with van der Waals surface area (Å²) in [6.07, 6.45) is 0. The number of rotatable bonds is 9. The van der Waals surface area contributed by atoms with Gasteiger partial charge in [-0.3, -0.25) is 22.8 Å². The molecular weight excluding hydrogens is 857 g/mol. The lowest BCUT2D eigenvalue weighted by Gasteiger charge is -2.16. The van der Waals surface area contributed by atoms with E-state index >= 15 is 0 Å². The van der Waals surface area contributed by atoms with Gasteiger partial charge in [0.1, 0.15) is 9.79 Å². The summed E-state index contributed by atoms with van der Waals surface area (Å²) in [5.41, 5.74) is 6.97. The number of benzene rings is 5. The first-order valence-electron chi connectivity index (χ1n) is 16.6. The average Bonchev–Trinajstić information content (AvgIpc) is 3.07. The van der Waals surface area contributed by atoms with Gasteiger partial charge in [-0.05, 0) is 142 Å². The Bertz CT molecular complexity index is 2750. The third-order valence-electron chi connectivity index (χ3n) is 8.55. The molecule has 5 aromatic carbocycles. The highest BCUT2D eigenvalue weighted by molar-refractivity contribution is 7.86. The van der Waals surface area contributed by atoms with E-state index in [0.29, 0.717) is 27.8 Å². The summed E-state index contributed by atoms with van der Waals surface area (Å²) >= 11 is -5.12. The molecule has 5 rings (SSSR count). The van der Waals surface area contributed by atoms with E-state index in [0.717, 1.165) is 27.8 Å². The summed E-state index contributed by atoms with van der Waals surface area (Å²) in [6, 6.07) is 20.4. The molecule has 0 fully saturated rings. The molecule has 58 heavy (non-hydrogen) atoms. The topological polar surface area (TPSA) is 256 Å². The minimum absolute atomic E-state index is 0.0116. The van der Waals surface area contributed by atoms with Gasteiger partial charge in [0.25, 0.3) is 30.4 Å². The van der Waals surface area contributed by atoms with Crippen LogP contribution in [0.1, 0.15) is 44.5 Å². The molecule has 0 heterocycles. The molecule has 2 unspecified atom stereocenters. The van der Waals surface area contributed by atoms with E-state index in [1.54, 1.807) is 97.0 Å². The quantitative estimate of drug-likeness (QED) is 0.0704. The Balaban J connectivity index is 0.000000245. The first-order valence-corrected chi connectivity index (χ1v) is 23.0. The summed E-state index contributed by atoms with van der Waals surface area (Å²) < 4.78 is 146. The third-order valence-corrected chi connectivity index (χ3v) is 12.0. The van der Waals surface area contributed by atoms with E-state index in [9.17, 15) is 42.8 Å². The zero-order valence-corrected chi connectivity index (χ0v) is 36.4. The van der Waals surface area contributed by atoms with Gasteiger partial charge in [0.2, 0.25) is 0 Å². The highest BCUT2D eigenvalue weighted by Gasteiger charge is 2.23. The van der Waals surface area contributed by atoms with Crippen molar-refractivity contribution >= 4 is 53.1 Å². The van der Waals surface area contributed by atoms with Crippen molar-refractivity contribution in [1.29, 1.82) is 0 Å². The fraction of sp³-hybridized carbons (Fsp3) is 0.211. The van der Waals surface area contributed by atoms with Gasteiger partial charge >= 0.3 is 22.7 Å². The number of hydrogen-bond acceptors (Lipinski definition) is 10. The molecule has 0 aliphatic heterocycles. The predicted octanol–water partition coefficient (Wildman–Crippen LogP) is 7.63. The molecule has 0 amide bonds. The minimum atomic E-state index is -4.48. The van der Waals surface area contributed by atoms with Crippen molar-refractivity contribution in [1.82, 2.24) is 0 Å². The van der Waals surface area contributed by atoms with Crippen LogP contribution in [0.4, 0.5) is 0 Å². The van der Waals surface area contributed by atoms with Gasteiger partial charge in [-0.25, -0.2) is 0 Å². The number of hydrogen-bond donors (Lipinski definition) is 5. The molecule has 0 saturated carbocycles. The van der Waals surface area contributed by atoms with E-state index in [4.69, 9.17) is 22.0 Å². The Hall–Kier alpha value is -4.35. The van der Waals surface area contributed by atoms with Crippen molar-refractivity contribution < 1.29 is 64.8 Å². The Kier molecular flexibility index (Phi) is 15.9. The van der Waals surface area contributed by atoms with Crippen LogP contribution >= 0.6 is 0 Å². The van der Waals surface area contributed by atoms with E-state index in [-0.39, 0.29) is 37.3 Å². The maximum absolute atomic E-state index is 11.8. The maximum Gasteiger partial charge on any atom is 0.357 e. The molecule has 0 spiro atoms. The summed E-state index contributed by atoms with van der Waals surface area (Å²) in [6.45, 7) is 14.0. The molecule has 5 aromatic rings. The summed E-state index contributed by atoms with van der Waals surface area (Å²) in [5, 5.41) is 0. The molecule has 0 aliphatic rings. The lowest BCUT2D eigenvalue weighted by molar-refractivity contribution is 0.456. The van der Waals surface area contributed by atoms with Gasteiger partial charge in [0.15, 0.2) is 11.5 Å². The molecule has 314 valence electrons. The number of aryl methyl sites for hydroxylation is 8. The van der Waals surface area contributed by atoms with Gasteiger partial charge < -0.3 is 8.37 Å². The Morgan fingerprint density at radius 3 is 1.22 bits per heavy atom. The zero-order valence-electron chi connectivity index (χ0n) is 32.4. The Morgan fingerprint density at radius 1 is 0.397 bits per heavy atom. The van der Waals surface area contributed by atoms with Crippen molar-refractivity contribution in [2.75, 3.05) is 0 Å².